The van der Waals surface area contributed by atoms with Gasteiger partial charge in [-0.25, -0.2) is 4.98 Å². The molecule has 0 radical (unpaired) electrons. The Labute approximate surface area is 446 Å². The van der Waals surface area contributed by atoms with Gasteiger partial charge in [-0.1, -0.05) is 64.1 Å². The molecule has 0 aliphatic rings. The summed E-state index contributed by atoms with van der Waals surface area (Å²) >= 11 is 15.2. The van der Waals surface area contributed by atoms with Crippen LogP contribution in [0.25, 0.3) is 54.7 Å². The van der Waals surface area contributed by atoms with Crippen molar-refractivity contribution < 1.29 is 0 Å². The molecule has 0 saturated heterocycles. The number of rotatable bonds is 14. The molecule has 0 amide bonds. The van der Waals surface area contributed by atoms with E-state index in [2.05, 4.69) is 88.3 Å². The monoisotopic (exact) mass is 1040 g/mol. The third kappa shape index (κ3) is 14.9. The Balaban J connectivity index is 0.000000249. The molecule has 0 aliphatic carbocycles. The summed E-state index contributed by atoms with van der Waals surface area (Å²) in [7, 11) is 0. The van der Waals surface area contributed by atoms with Crippen LogP contribution in [0.1, 0.15) is 62.5 Å². The molecule has 9 rings (SSSR count). The standard InChI is InChI=1S/C29H31ClN6S.C22H17ClN6S.C2H6.2C2H2/c1-17(2)12-18(3)34-22-14-21(15-32-16-22)25-7-6-23(31)26(36-25)13-19(4)35-24-10-11-33-29(20(24)5)27-8-9-28(30)37-27;1-12-6-8-25-11-13(12)15-3-2-14(24)17(27-15)10-20-28-16-7-9-26-22(21(16)29-20)18-4-5-19(23)30-18;3*1-2/h6-11,14-17,34H,3-4,12-13,31H2,1-2,5H3,(H,33,35);2-9,11H,10,24H2,1H3,(H,28,29);1-2H3;2*1-2H. The summed E-state index contributed by atoms with van der Waals surface area (Å²) in [5, 5.41) is 6.76. The van der Waals surface area contributed by atoms with Crippen molar-refractivity contribution in [2.75, 3.05) is 22.1 Å². The fraction of sp³-hybridized carbons (Fsp3) is 0.175. The number of nitrogen functional groups attached to an aromatic ring is 2. The van der Waals surface area contributed by atoms with Crippen molar-refractivity contribution in [2.45, 2.75) is 60.8 Å². The predicted octanol–water partition coefficient (Wildman–Crippen LogP) is 14.8. The number of anilines is 4. The third-order valence-electron chi connectivity index (χ3n) is 10.6. The average molecular weight is 1050 g/mol. The molecule has 9 aromatic heterocycles. The molecule has 0 atom stereocenters. The van der Waals surface area contributed by atoms with Crippen molar-refractivity contribution in [1.29, 1.82) is 0 Å². The van der Waals surface area contributed by atoms with E-state index in [1.165, 1.54) is 22.7 Å². The van der Waals surface area contributed by atoms with Crippen molar-refractivity contribution in [3.8, 4) is 69.4 Å². The maximum atomic E-state index is 6.29. The van der Waals surface area contributed by atoms with Crippen molar-refractivity contribution in [1.82, 2.24) is 39.9 Å². The number of thiophene rings is 2. The number of nitrogens with one attached hydrogen (secondary N) is 3. The highest BCUT2D eigenvalue weighted by molar-refractivity contribution is 7.19. The lowest BCUT2D eigenvalue weighted by Gasteiger charge is -2.15. The number of aromatic nitrogens is 8. The lowest BCUT2D eigenvalue weighted by Crippen LogP contribution is -2.08. The van der Waals surface area contributed by atoms with Crippen LogP contribution in [0, 0.1) is 45.5 Å². The molecule has 16 heteroatoms. The Morgan fingerprint density at radius 3 is 1.99 bits per heavy atom. The number of halogens is 2. The summed E-state index contributed by atoms with van der Waals surface area (Å²) in [6.45, 7) is 20.7. The quantitative estimate of drug-likeness (QED) is 0.0654. The molecule has 0 aliphatic heterocycles. The Hall–Kier alpha value is -7.85. The molecule has 9 aromatic rings. The van der Waals surface area contributed by atoms with E-state index >= 15 is 0 Å². The second-order valence-electron chi connectivity index (χ2n) is 16.3. The number of terminal acetylenes is 2. The molecule has 0 saturated carbocycles. The molecule has 7 N–H and O–H groups in total. The van der Waals surface area contributed by atoms with Gasteiger partial charge in [0, 0.05) is 65.6 Å². The van der Waals surface area contributed by atoms with Gasteiger partial charge in [-0.05, 0) is 110 Å². The van der Waals surface area contributed by atoms with Gasteiger partial charge in [0.25, 0.3) is 0 Å². The van der Waals surface area contributed by atoms with Gasteiger partial charge in [-0.15, -0.1) is 48.4 Å². The highest BCUT2D eigenvalue weighted by atomic mass is 35.5. The first kappa shape index (κ1) is 56.1. The van der Waals surface area contributed by atoms with E-state index in [4.69, 9.17) is 49.6 Å². The first-order chi connectivity index (χ1) is 35.3. The summed E-state index contributed by atoms with van der Waals surface area (Å²) in [4.78, 5) is 37.5. The second-order valence-corrected chi connectivity index (χ2v) is 19.7. The minimum atomic E-state index is 0.470. The van der Waals surface area contributed by atoms with Gasteiger partial charge in [-0.3, -0.25) is 29.9 Å². The van der Waals surface area contributed by atoms with Crippen LogP contribution in [0.5, 0.6) is 0 Å². The zero-order chi connectivity index (χ0) is 53.2. The number of fused-ring (bicyclic) bond motifs is 1. The van der Waals surface area contributed by atoms with Gasteiger partial charge in [0.1, 0.15) is 17.0 Å². The SMILES string of the molecule is C#C.C#C.C=C(CC(C)C)Nc1cncc(-c2ccc(N)c(CC(=C)Nc3ccnc(-c4ccc(Cl)s4)c3C)n2)c1.CC.Cc1ccncc1-c1ccc(N)c(Cc2nc3c(-c4ccc(Cl)s4)nccc3[nH]2)n1. The van der Waals surface area contributed by atoms with Gasteiger partial charge >= 0.3 is 0 Å². The lowest BCUT2D eigenvalue weighted by molar-refractivity contribution is 0.645. The number of hydrogen-bond donors (Lipinski definition) is 5. The van der Waals surface area contributed by atoms with E-state index in [0.29, 0.717) is 30.1 Å². The van der Waals surface area contributed by atoms with E-state index in [1.807, 2.05) is 107 Å². The molecule has 0 spiro atoms. The Morgan fingerprint density at radius 2 is 1.33 bits per heavy atom. The molecule has 0 aromatic carbocycles. The summed E-state index contributed by atoms with van der Waals surface area (Å²) in [6.07, 6.45) is 28.6. The molecule has 0 fully saturated rings. The van der Waals surface area contributed by atoms with Crippen LogP contribution in [-0.2, 0) is 12.8 Å². The van der Waals surface area contributed by atoms with Crippen LogP contribution in [0.2, 0.25) is 8.67 Å². The normalized spacial score (nSPS) is 10.3. The Kier molecular flexibility index (Phi) is 20.8. The van der Waals surface area contributed by atoms with Gasteiger partial charge in [-0.2, -0.15) is 0 Å². The van der Waals surface area contributed by atoms with Crippen molar-refractivity contribution in [2.24, 2.45) is 5.92 Å². The molecule has 9 heterocycles. The van der Waals surface area contributed by atoms with Crippen molar-refractivity contribution >= 4 is 79.7 Å². The topological polar surface area (TPSA) is 182 Å². The summed E-state index contributed by atoms with van der Waals surface area (Å²) < 4.78 is 1.46. The fourth-order valence-corrected chi connectivity index (χ4v) is 9.53. The number of allylic oxidation sites excluding steroid dienone is 2. The molecule has 0 unspecified atom stereocenters. The van der Waals surface area contributed by atoms with Crippen LogP contribution < -0.4 is 22.1 Å². The maximum absolute atomic E-state index is 6.29. The van der Waals surface area contributed by atoms with E-state index in [-0.39, 0.29) is 0 Å². The third-order valence-corrected chi connectivity index (χ3v) is 13.1. The molecular formula is C57H58Cl2N12S2. The molecule has 372 valence electrons. The number of H-pyrrole nitrogens is 1. The Bertz CT molecular complexity index is 3340. The number of nitrogens with zero attached hydrogens (tertiary/aromatic N) is 7. The largest absolute Gasteiger partial charge is 0.397 e. The molecular weight excluding hydrogens is 988 g/mol. The number of pyridine rings is 6. The zero-order valence-electron chi connectivity index (χ0n) is 41.7. The fourth-order valence-electron chi connectivity index (χ4n) is 7.40. The number of aryl methyl sites for hydroxylation is 1. The first-order valence-electron chi connectivity index (χ1n) is 23.0. The second kappa shape index (κ2) is 27.1. The molecule has 73 heavy (non-hydrogen) atoms. The van der Waals surface area contributed by atoms with Crippen molar-refractivity contribution in [3.05, 3.63) is 172 Å². The average Bonchev–Trinajstić information content (AvgIpc) is 4.15. The van der Waals surface area contributed by atoms with Gasteiger partial charge < -0.3 is 27.1 Å². The van der Waals surface area contributed by atoms with E-state index in [0.717, 1.165) is 121 Å². The predicted molar refractivity (Wildman–Crippen MR) is 311 cm³/mol. The minimum Gasteiger partial charge on any atom is -0.397 e. The summed E-state index contributed by atoms with van der Waals surface area (Å²) in [6, 6.07) is 23.1. The van der Waals surface area contributed by atoms with E-state index in [9.17, 15) is 0 Å². The van der Waals surface area contributed by atoms with Crippen molar-refractivity contribution in [3.63, 3.8) is 0 Å². The number of imidazole rings is 1. The highest BCUT2D eigenvalue weighted by Gasteiger charge is 2.16. The smallest absolute Gasteiger partial charge is 0.116 e. The summed E-state index contributed by atoms with van der Waals surface area (Å²) in [5.74, 6) is 1.30. The maximum Gasteiger partial charge on any atom is 0.116 e. The number of aromatic amines is 1. The van der Waals surface area contributed by atoms with Crippen LogP contribution in [-0.4, -0.2) is 39.9 Å². The van der Waals surface area contributed by atoms with Gasteiger partial charge in [0.2, 0.25) is 0 Å². The molecule has 12 nitrogen and oxygen atoms in total. The molecule has 0 bridgehead atoms. The van der Waals surface area contributed by atoms with Crippen LogP contribution in [0.15, 0.2) is 135 Å². The highest BCUT2D eigenvalue weighted by Crippen LogP contribution is 2.36. The minimum absolute atomic E-state index is 0.470. The van der Waals surface area contributed by atoms with Crippen LogP contribution >= 0.6 is 45.9 Å². The number of hydrogen-bond acceptors (Lipinski definition) is 13. The van der Waals surface area contributed by atoms with Crippen LogP contribution in [0.4, 0.5) is 22.7 Å². The Morgan fingerprint density at radius 1 is 0.699 bits per heavy atom. The van der Waals surface area contributed by atoms with Crippen LogP contribution in [0.3, 0.4) is 0 Å². The zero-order valence-corrected chi connectivity index (χ0v) is 44.8. The van der Waals surface area contributed by atoms with E-state index in [1.54, 1.807) is 31.0 Å². The first-order valence-corrected chi connectivity index (χ1v) is 25.4. The number of nitrogens with two attached hydrogens (primary N) is 2. The summed E-state index contributed by atoms with van der Waals surface area (Å²) in [5.41, 5.74) is 27.9. The van der Waals surface area contributed by atoms with Gasteiger partial charge in [0.05, 0.1) is 82.1 Å². The van der Waals surface area contributed by atoms with Gasteiger partial charge in [0.15, 0.2) is 0 Å². The lowest BCUT2D eigenvalue weighted by atomic mass is 10.1. The van der Waals surface area contributed by atoms with E-state index < -0.39 is 0 Å².